The van der Waals surface area contributed by atoms with Crippen molar-refractivity contribution in [2.45, 2.75) is 58.5 Å². The molecule has 1 fully saturated rings. The van der Waals surface area contributed by atoms with Crippen LogP contribution in [0.5, 0.6) is 0 Å². The van der Waals surface area contributed by atoms with E-state index in [0.29, 0.717) is 6.42 Å². The molecule has 1 aliphatic carbocycles. The third-order valence-corrected chi connectivity index (χ3v) is 5.53. The number of rotatable bonds is 5. The smallest absolute Gasteiger partial charge is 0.315 e. The maximum atomic E-state index is 12.6. The van der Waals surface area contributed by atoms with Gasteiger partial charge in [0.1, 0.15) is 11.3 Å². The molecular weight excluding hydrogens is 342 g/mol. The number of urea groups is 1. The van der Waals surface area contributed by atoms with E-state index in [-0.39, 0.29) is 35.9 Å². The lowest BCUT2D eigenvalue weighted by Gasteiger charge is -2.29. The molecule has 6 nitrogen and oxygen atoms in total. The van der Waals surface area contributed by atoms with E-state index in [1.54, 1.807) is 0 Å². The Kier molecular flexibility index (Phi) is 5.73. The second-order valence-corrected chi connectivity index (χ2v) is 7.89. The lowest BCUT2D eigenvalue weighted by Crippen LogP contribution is -2.47. The quantitative estimate of drug-likeness (QED) is 0.746. The Balaban J connectivity index is 1.71. The molecule has 2 aromatic rings. The monoisotopic (exact) mass is 371 g/mol. The molecule has 1 aromatic carbocycles. The molecule has 0 saturated heterocycles. The molecule has 146 valence electrons. The standard InChI is InChI=1S/C21H29N3O3/c1-12(2)18(19-13(3)16-9-4-5-10-17(16)27-19)24-21(26)23-15-8-6-7-14(11-15)20(22)25/h4-5,9-10,12,14-15,18H,6-8,11H2,1-3H3,(H2,22,25)(H2,23,24,26)/t14?,15?,18-/m1/s1. The van der Waals surface area contributed by atoms with E-state index >= 15 is 0 Å². The van der Waals surface area contributed by atoms with Crippen molar-refractivity contribution in [1.82, 2.24) is 10.6 Å². The van der Waals surface area contributed by atoms with Crippen LogP contribution in [-0.4, -0.2) is 18.0 Å². The fourth-order valence-corrected chi connectivity index (χ4v) is 3.97. The van der Waals surface area contributed by atoms with E-state index in [9.17, 15) is 9.59 Å². The second-order valence-electron chi connectivity index (χ2n) is 7.89. The SMILES string of the molecule is Cc1c([C@H](NC(=O)NC2CCCC(C(N)=O)C2)C(C)C)oc2ccccc12. The van der Waals surface area contributed by atoms with Gasteiger partial charge in [0.25, 0.3) is 0 Å². The molecular formula is C21H29N3O3. The lowest BCUT2D eigenvalue weighted by atomic mass is 9.85. The summed E-state index contributed by atoms with van der Waals surface area (Å²) in [5, 5.41) is 7.15. The fraction of sp³-hybridized carbons (Fsp3) is 0.524. The molecule has 0 bridgehead atoms. The number of aryl methyl sites for hydroxylation is 1. The van der Waals surface area contributed by atoms with Gasteiger partial charge in [0.15, 0.2) is 0 Å². The van der Waals surface area contributed by atoms with Gasteiger partial charge in [0.05, 0.1) is 6.04 Å². The van der Waals surface area contributed by atoms with Crippen molar-refractivity contribution >= 4 is 22.9 Å². The van der Waals surface area contributed by atoms with E-state index in [1.165, 1.54) is 0 Å². The second kappa shape index (κ2) is 8.03. The summed E-state index contributed by atoms with van der Waals surface area (Å²) in [6, 6.07) is 7.41. The average molecular weight is 371 g/mol. The summed E-state index contributed by atoms with van der Waals surface area (Å²) >= 11 is 0. The number of fused-ring (bicyclic) bond motifs is 1. The number of hydrogen-bond acceptors (Lipinski definition) is 3. The van der Waals surface area contributed by atoms with E-state index in [0.717, 1.165) is 41.6 Å². The Morgan fingerprint density at radius 1 is 1.22 bits per heavy atom. The van der Waals surface area contributed by atoms with Crippen LogP contribution in [0.2, 0.25) is 0 Å². The van der Waals surface area contributed by atoms with Crippen LogP contribution in [0, 0.1) is 18.8 Å². The van der Waals surface area contributed by atoms with E-state index in [2.05, 4.69) is 24.5 Å². The largest absolute Gasteiger partial charge is 0.459 e. The molecule has 3 atom stereocenters. The van der Waals surface area contributed by atoms with Gasteiger partial charge in [0.2, 0.25) is 5.91 Å². The van der Waals surface area contributed by atoms with Gasteiger partial charge in [-0.3, -0.25) is 4.79 Å². The Hall–Kier alpha value is -2.50. The summed E-state index contributed by atoms with van der Waals surface area (Å²) in [5.74, 6) is 0.530. The lowest BCUT2D eigenvalue weighted by molar-refractivity contribution is -0.122. The minimum absolute atomic E-state index is 0.0270. The predicted octanol–water partition coefficient (Wildman–Crippen LogP) is 3.78. The Morgan fingerprint density at radius 3 is 2.63 bits per heavy atom. The van der Waals surface area contributed by atoms with Crippen LogP contribution in [0.4, 0.5) is 4.79 Å². The maximum absolute atomic E-state index is 12.6. The molecule has 4 N–H and O–H groups in total. The molecule has 1 heterocycles. The van der Waals surface area contributed by atoms with E-state index in [4.69, 9.17) is 10.2 Å². The van der Waals surface area contributed by atoms with Crippen LogP contribution < -0.4 is 16.4 Å². The molecule has 1 saturated carbocycles. The van der Waals surface area contributed by atoms with Gasteiger partial charge < -0.3 is 20.8 Å². The first-order chi connectivity index (χ1) is 12.9. The first-order valence-corrected chi connectivity index (χ1v) is 9.71. The average Bonchev–Trinajstić information content (AvgIpc) is 2.96. The number of nitrogens with one attached hydrogen (secondary N) is 2. The van der Waals surface area contributed by atoms with E-state index in [1.807, 2.05) is 31.2 Å². The number of primary amides is 1. The summed E-state index contributed by atoms with van der Waals surface area (Å²) in [6.07, 6.45) is 3.18. The highest BCUT2D eigenvalue weighted by molar-refractivity contribution is 5.82. The molecule has 0 aliphatic heterocycles. The molecule has 2 unspecified atom stereocenters. The zero-order valence-corrected chi connectivity index (χ0v) is 16.2. The summed E-state index contributed by atoms with van der Waals surface area (Å²) < 4.78 is 6.06. The number of furan rings is 1. The Labute approximate surface area is 159 Å². The van der Waals surface area contributed by atoms with Crippen molar-refractivity contribution in [3.05, 3.63) is 35.6 Å². The van der Waals surface area contributed by atoms with Gasteiger partial charge in [-0.1, -0.05) is 38.5 Å². The molecule has 6 heteroatoms. The van der Waals surface area contributed by atoms with Crippen LogP contribution in [0.25, 0.3) is 11.0 Å². The number of nitrogens with two attached hydrogens (primary N) is 1. The third-order valence-electron chi connectivity index (χ3n) is 5.53. The summed E-state index contributed by atoms with van der Waals surface area (Å²) in [7, 11) is 0. The number of carbonyl (C=O) groups is 2. The minimum atomic E-state index is -0.278. The van der Waals surface area contributed by atoms with Crippen molar-refractivity contribution in [2.75, 3.05) is 0 Å². The molecule has 0 spiro atoms. The Morgan fingerprint density at radius 2 is 1.96 bits per heavy atom. The molecule has 0 radical (unpaired) electrons. The highest BCUT2D eigenvalue weighted by atomic mass is 16.3. The normalized spacial score (nSPS) is 21.2. The van der Waals surface area contributed by atoms with Crippen molar-refractivity contribution < 1.29 is 14.0 Å². The summed E-state index contributed by atoms with van der Waals surface area (Å²) in [4.78, 5) is 24.1. The summed E-state index contributed by atoms with van der Waals surface area (Å²) in [5.41, 5.74) is 7.31. The zero-order chi connectivity index (χ0) is 19.6. The Bertz CT molecular complexity index is 827. The molecule has 3 amide bonds. The topological polar surface area (TPSA) is 97.4 Å². The molecule has 1 aliphatic rings. The van der Waals surface area contributed by atoms with Crippen molar-refractivity contribution in [1.29, 1.82) is 0 Å². The fourth-order valence-electron chi connectivity index (χ4n) is 3.97. The summed E-state index contributed by atoms with van der Waals surface area (Å²) in [6.45, 7) is 6.14. The highest BCUT2D eigenvalue weighted by Crippen LogP contribution is 2.32. The number of carbonyl (C=O) groups excluding carboxylic acids is 2. The van der Waals surface area contributed by atoms with Crippen LogP contribution in [-0.2, 0) is 4.79 Å². The van der Waals surface area contributed by atoms with Gasteiger partial charge in [-0.05, 0) is 38.2 Å². The molecule has 27 heavy (non-hydrogen) atoms. The van der Waals surface area contributed by atoms with Crippen LogP contribution in [0.1, 0.15) is 56.9 Å². The van der Waals surface area contributed by atoms with Crippen LogP contribution in [0.3, 0.4) is 0 Å². The highest BCUT2D eigenvalue weighted by Gasteiger charge is 2.29. The third kappa shape index (κ3) is 4.26. The predicted molar refractivity (Wildman–Crippen MR) is 105 cm³/mol. The number of para-hydroxylation sites is 1. The number of benzene rings is 1. The van der Waals surface area contributed by atoms with Gasteiger partial charge in [-0.15, -0.1) is 0 Å². The molecule has 3 rings (SSSR count). The van der Waals surface area contributed by atoms with Gasteiger partial charge >= 0.3 is 6.03 Å². The van der Waals surface area contributed by atoms with Crippen molar-refractivity contribution in [3.8, 4) is 0 Å². The minimum Gasteiger partial charge on any atom is -0.459 e. The van der Waals surface area contributed by atoms with Crippen LogP contribution >= 0.6 is 0 Å². The van der Waals surface area contributed by atoms with Crippen molar-refractivity contribution in [3.63, 3.8) is 0 Å². The molecule has 1 aromatic heterocycles. The first-order valence-electron chi connectivity index (χ1n) is 9.71. The van der Waals surface area contributed by atoms with Gasteiger partial charge in [0, 0.05) is 22.9 Å². The van der Waals surface area contributed by atoms with Crippen molar-refractivity contribution in [2.24, 2.45) is 17.6 Å². The van der Waals surface area contributed by atoms with Gasteiger partial charge in [-0.2, -0.15) is 0 Å². The zero-order valence-electron chi connectivity index (χ0n) is 16.2. The van der Waals surface area contributed by atoms with Crippen LogP contribution in [0.15, 0.2) is 28.7 Å². The van der Waals surface area contributed by atoms with Gasteiger partial charge in [-0.25, -0.2) is 4.79 Å². The number of amides is 3. The first kappa shape index (κ1) is 19.3. The maximum Gasteiger partial charge on any atom is 0.315 e. The van der Waals surface area contributed by atoms with E-state index < -0.39 is 0 Å². The number of hydrogen-bond donors (Lipinski definition) is 3.